The van der Waals surface area contributed by atoms with E-state index >= 15 is 0 Å². The van der Waals surface area contributed by atoms with Crippen LogP contribution in [-0.2, 0) is 6.54 Å². The number of carbonyl (C=O) groups is 2. The van der Waals surface area contributed by atoms with Gasteiger partial charge in [0.1, 0.15) is 0 Å². The zero-order valence-electron chi connectivity index (χ0n) is 14.1. The number of nitrogens with one attached hydrogen (secondary N) is 2. The van der Waals surface area contributed by atoms with Crippen molar-refractivity contribution in [3.8, 4) is 0 Å². The Bertz CT molecular complexity index is 838. The molecule has 1 heterocycles. The van der Waals surface area contributed by atoms with Crippen LogP contribution in [0.25, 0.3) is 0 Å². The van der Waals surface area contributed by atoms with Gasteiger partial charge in [0.2, 0.25) is 5.82 Å². The molecule has 0 saturated carbocycles. The zero-order chi connectivity index (χ0) is 18.6. The van der Waals surface area contributed by atoms with E-state index in [2.05, 4.69) is 15.6 Å². The molecule has 7 nitrogen and oxygen atoms in total. The van der Waals surface area contributed by atoms with Crippen LogP contribution in [0.3, 0.4) is 0 Å². The van der Waals surface area contributed by atoms with Crippen molar-refractivity contribution in [2.45, 2.75) is 27.3 Å². The maximum absolute atomic E-state index is 12.1. The first-order valence-corrected chi connectivity index (χ1v) is 7.92. The number of rotatable bonds is 5. The molecule has 0 spiro atoms. The molecule has 0 saturated heterocycles. The number of benzene rings is 1. The maximum atomic E-state index is 12.1. The van der Waals surface area contributed by atoms with E-state index in [4.69, 9.17) is 11.6 Å². The van der Waals surface area contributed by atoms with E-state index in [9.17, 15) is 14.7 Å². The molecule has 0 atom stereocenters. The molecule has 0 aliphatic carbocycles. The number of aromatic nitrogens is 2. The number of carboxylic acid groups (broad SMARTS) is 1. The van der Waals surface area contributed by atoms with Crippen LogP contribution in [0.4, 0.5) is 16.3 Å². The lowest BCUT2D eigenvalue weighted by Crippen LogP contribution is -2.20. The average Bonchev–Trinajstić information content (AvgIpc) is 2.91. The van der Waals surface area contributed by atoms with Gasteiger partial charge < -0.3 is 15.0 Å². The van der Waals surface area contributed by atoms with Gasteiger partial charge in [-0.3, -0.25) is 5.32 Å². The van der Waals surface area contributed by atoms with Crippen LogP contribution in [-0.4, -0.2) is 26.7 Å². The third kappa shape index (κ3) is 5.09. The molecule has 2 amide bonds. The van der Waals surface area contributed by atoms with Crippen LogP contribution in [0.1, 0.15) is 30.0 Å². The second-order valence-electron chi connectivity index (χ2n) is 5.73. The number of allylic oxidation sites excluding steroid dienone is 2. The van der Waals surface area contributed by atoms with Gasteiger partial charge >= 0.3 is 12.0 Å². The highest BCUT2D eigenvalue weighted by Crippen LogP contribution is 2.20. The molecule has 0 radical (unpaired) electrons. The van der Waals surface area contributed by atoms with Gasteiger partial charge in [-0.25, -0.2) is 14.6 Å². The molecule has 3 N–H and O–H groups in total. The highest BCUT2D eigenvalue weighted by Gasteiger charge is 2.15. The lowest BCUT2D eigenvalue weighted by atomic mass is 10.2. The first-order chi connectivity index (χ1) is 11.8. The van der Waals surface area contributed by atoms with E-state index in [-0.39, 0.29) is 11.6 Å². The lowest BCUT2D eigenvalue weighted by molar-refractivity contribution is 0.0679. The summed E-state index contributed by atoms with van der Waals surface area (Å²) >= 11 is 5.88. The summed E-state index contributed by atoms with van der Waals surface area (Å²) in [6, 6.07) is 4.57. The van der Waals surface area contributed by atoms with Crippen molar-refractivity contribution in [3.63, 3.8) is 0 Å². The number of hydrogen-bond acceptors (Lipinski definition) is 3. The van der Waals surface area contributed by atoms with Crippen molar-refractivity contribution in [2.75, 3.05) is 10.6 Å². The molecule has 132 valence electrons. The quantitative estimate of drug-likeness (QED) is 0.696. The Morgan fingerprint density at radius 3 is 2.64 bits per heavy atom. The Labute approximate surface area is 150 Å². The number of aryl methyl sites for hydroxylation is 1. The normalized spacial score (nSPS) is 10.2. The number of amides is 2. The minimum absolute atomic E-state index is 0.143. The van der Waals surface area contributed by atoms with E-state index in [0.29, 0.717) is 17.3 Å². The van der Waals surface area contributed by atoms with E-state index in [0.717, 1.165) is 11.1 Å². The van der Waals surface area contributed by atoms with Crippen molar-refractivity contribution >= 4 is 35.1 Å². The number of nitrogens with zero attached hydrogens (tertiary/aromatic N) is 2. The summed E-state index contributed by atoms with van der Waals surface area (Å²) < 4.78 is 1.46. The van der Waals surface area contributed by atoms with Crippen molar-refractivity contribution < 1.29 is 14.7 Å². The lowest BCUT2D eigenvalue weighted by Gasteiger charge is -2.08. The highest BCUT2D eigenvalue weighted by molar-refractivity contribution is 6.30. The van der Waals surface area contributed by atoms with Crippen LogP contribution < -0.4 is 10.6 Å². The minimum atomic E-state index is -1.16. The Morgan fingerprint density at radius 2 is 2.04 bits per heavy atom. The molecule has 1 aromatic heterocycles. The second-order valence-corrected chi connectivity index (χ2v) is 6.16. The van der Waals surface area contributed by atoms with E-state index < -0.39 is 12.0 Å². The third-order valence-corrected chi connectivity index (χ3v) is 3.58. The third-order valence-electron chi connectivity index (χ3n) is 3.34. The molecular formula is C17H19ClN4O3. The van der Waals surface area contributed by atoms with Gasteiger partial charge in [0.05, 0.1) is 0 Å². The largest absolute Gasteiger partial charge is 0.475 e. The number of urea groups is 1. The Kier molecular flexibility index (Phi) is 5.82. The molecule has 2 aromatic rings. The van der Waals surface area contributed by atoms with Crippen LogP contribution in [0, 0.1) is 6.92 Å². The second kappa shape index (κ2) is 7.85. The molecule has 25 heavy (non-hydrogen) atoms. The van der Waals surface area contributed by atoms with Gasteiger partial charge in [0.25, 0.3) is 0 Å². The molecule has 0 aliphatic heterocycles. The van der Waals surface area contributed by atoms with Gasteiger partial charge in [-0.1, -0.05) is 23.3 Å². The van der Waals surface area contributed by atoms with Crippen LogP contribution >= 0.6 is 11.6 Å². The van der Waals surface area contributed by atoms with Crippen LogP contribution in [0.5, 0.6) is 0 Å². The molecule has 2 rings (SSSR count). The number of carboxylic acids is 1. The Morgan fingerprint density at radius 1 is 1.32 bits per heavy atom. The molecule has 0 fully saturated rings. The summed E-state index contributed by atoms with van der Waals surface area (Å²) in [7, 11) is 0. The Hall–Kier alpha value is -2.80. The zero-order valence-corrected chi connectivity index (χ0v) is 14.9. The number of carbonyl (C=O) groups excluding carboxylic acids is 1. The average molecular weight is 363 g/mol. The van der Waals surface area contributed by atoms with Gasteiger partial charge in [0.15, 0.2) is 5.82 Å². The highest BCUT2D eigenvalue weighted by atomic mass is 35.5. The van der Waals surface area contributed by atoms with E-state index in [1.807, 2.05) is 26.8 Å². The van der Waals surface area contributed by atoms with Crippen molar-refractivity contribution in [1.82, 2.24) is 9.55 Å². The smallest absolute Gasteiger partial charge is 0.372 e. The van der Waals surface area contributed by atoms with Crippen molar-refractivity contribution in [3.05, 3.63) is 52.5 Å². The summed E-state index contributed by atoms with van der Waals surface area (Å²) in [5.41, 5.74) is 2.46. The van der Waals surface area contributed by atoms with Gasteiger partial charge in [0, 0.05) is 23.5 Å². The standard InChI is InChI=1S/C17H19ClN4O3/c1-10(2)6-7-22-9-14(20-15(22)16(23)24)21-17(25)19-13-5-4-12(18)8-11(13)3/h4-6,8-9H,7H2,1-3H3,(H,23,24)(H2,19,21,25). The first-order valence-electron chi connectivity index (χ1n) is 7.54. The monoisotopic (exact) mass is 362 g/mol. The van der Waals surface area contributed by atoms with Crippen molar-refractivity contribution in [1.29, 1.82) is 0 Å². The predicted octanol–water partition coefficient (Wildman–Crippen LogP) is 4.15. The number of anilines is 2. The molecular weight excluding hydrogens is 344 g/mol. The first kappa shape index (κ1) is 18.5. The summed E-state index contributed by atoms with van der Waals surface area (Å²) in [4.78, 5) is 27.3. The maximum Gasteiger partial charge on any atom is 0.372 e. The van der Waals surface area contributed by atoms with Crippen molar-refractivity contribution in [2.24, 2.45) is 0 Å². The summed E-state index contributed by atoms with van der Waals surface area (Å²) in [5, 5.41) is 15.0. The molecule has 0 bridgehead atoms. The van der Waals surface area contributed by atoms with Gasteiger partial charge in [-0.05, 0) is 44.5 Å². The fourth-order valence-corrected chi connectivity index (χ4v) is 2.33. The van der Waals surface area contributed by atoms with Crippen LogP contribution in [0.15, 0.2) is 36.0 Å². The Balaban J connectivity index is 2.13. The molecule has 0 aliphatic rings. The summed E-state index contributed by atoms with van der Waals surface area (Å²) in [6.45, 7) is 6.01. The fraction of sp³-hybridized carbons (Fsp3) is 0.235. The van der Waals surface area contributed by atoms with E-state index in [1.54, 1.807) is 18.2 Å². The molecule has 8 heteroatoms. The summed E-state index contributed by atoms with van der Waals surface area (Å²) in [6.07, 6.45) is 3.35. The number of halogens is 1. The number of aromatic carboxylic acids is 1. The predicted molar refractivity (Wildman–Crippen MR) is 97.4 cm³/mol. The fourth-order valence-electron chi connectivity index (χ4n) is 2.10. The van der Waals surface area contributed by atoms with Gasteiger partial charge in [-0.15, -0.1) is 0 Å². The molecule has 0 unspecified atom stereocenters. The number of hydrogen-bond donors (Lipinski definition) is 3. The minimum Gasteiger partial charge on any atom is -0.475 e. The van der Waals surface area contributed by atoms with Crippen LogP contribution in [0.2, 0.25) is 5.02 Å². The topological polar surface area (TPSA) is 96.3 Å². The van der Waals surface area contributed by atoms with Gasteiger partial charge in [-0.2, -0.15) is 0 Å². The summed E-state index contributed by atoms with van der Waals surface area (Å²) in [5.74, 6) is -1.15. The molecule has 1 aromatic carbocycles. The van der Waals surface area contributed by atoms with E-state index in [1.165, 1.54) is 10.8 Å². The number of imidazole rings is 1. The SMILES string of the molecule is CC(C)=CCn1cc(NC(=O)Nc2ccc(Cl)cc2C)nc1C(=O)O.